The fraction of sp³-hybridized carbons (Fsp3) is 0.516. The fourth-order valence-corrected chi connectivity index (χ4v) is 6.59. The number of anilines is 3. The van der Waals surface area contributed by atoms with E-state index in [2.05, 4.69) is 55.9 Å². The third-order valence-corrected chi connectivity index (χ3v) is 8.66. The van der Waals surface area contributed by atoms with Gasteiger partial charge in [-0.3, -0.25) is 4.90 Å². The van der Waals surface area contributed by atoms with Crippen molar-refractivity contribution in [3.05, 3.63) is 53.9 Å². The summed E-state index contributed by atoms with van der Waals surface area (Å²) in [5, 5.41) is 3.08. The van der Waals surface area contributed by atoms with Gasteiger partial charge in [0, 0.05) is 50.5 Å². The average molecular weight is 564 g/mol. The molecule has 3 aromatic rings. The summed E-state index contributed by atoms with van der Waals surface area (Å²) in [6.45, 7) is 9.75. The maximum Gasteiger partial charge on any atom is 0.229 e. The van der Waals surface area contributed by atoms with Crippen LogP contribution in [0, 0.1) is 11.6 Å². The lowest BCUT2D eigenvalue weighted by molar-refractivity contribution is 0.134. The van der Waals surface area contributed by atoms with Gasteiger partial charge in [0.15, 0.2) is 17.4 Å². The Morgan fingerprint density at radius 2 is 1.76 bits per heavy atom. The first-order valence-electron chi connectivity index (χ1n) is 14.7. The number of nitrogens with zero attached hydrogens (tertiary/aromatic N) is 6. The molecular formula is C31H39F2N7O. The molecular weight excluding hydrogens is 524 g/mol. The zero-order chi connectivity index (χ0) is 28.6. The minimum atomic E-state index is -0.620. The standard InChI is InChI=1S/C31H39F2N7O/c1-21(2)40-26-16-23(15-24(32)29(26)41-20-31(40)9-5-4-6-10-31)28-25(33)18-35-30(37-28)36-27-8-7-22(17-34-27)19-39-13-11-38(3)12-14-39/h7-8,15-18,21H,4-6,9-14,19-20H2,1-3H3,(H,34,35,36,37). The van der Waals surface area contributed by atoms with E-state index < -0.39 is 11.6 Å². The van der Waals surface area contributed by atoms with E-state index in [1.807, 2.05) is 24.4 Å². The molecule has 0 unspecified atom stereocenters. The Hall–Kier alpha value is -3.37. The molecule has 0 amide bonds. The summed E-state index contributed by atoms with van der Waals surface area (Å²) in [6, 6.07) is 7.14. The molecule has 1 saturated carbocycles. The Balaban J connectivity index is 1.24. The molecule has 41 heavy (non-hydrogen) atoms. The summed E-state index contributed by atoms with van der Waals surface area (Å²) in [5.74, 6) is -0.156. The minimum Gasteiger partial charge on any atom is -0.486 e. The molecule has 0 atom stereocenters. The topological polar surface area (TPSA) is 69.7 Å². The van der Waals surface area contributed by atoms with Crippen LogP contribution in [-0.2, 0) is 6.54 Å². The minimum absolute atomic E-state index is 0.0304. The van der Waals surface area contributed by atoms with Gasteiger partial charge in [0.05, 0.1) is 17.4 Å². The third kappa shape index (κ3) is 5.72. The van der Waals surface area contributed by atoms with Crippen molar-refractivity contribution in [1.82, 2.24) is 24.8 Å². The highest BCUT2D eigenvalue weighted by atomic mass is 19.1. The van der Waals surface area contributed by atoms with Crippen molar-refractivity contribution < 1.29 is 13.5 Å². The number of hydrogen-bond acceptors (Lipinski definition) is 8. The monoisotopic (exact) mass is 563 g/mol. The first kappa shape index (κ1) is 27.8. The van der Waals surface area contributed by atoms with E-state index in [0.29, 0.717) is 23.7 Å². The molecule has 2 aromatic heterocycles. The second-order valence-corrected chi connectivity index (χ2v) is 12.0. The van der Waals surface area contributed by atoms with E-state index >= 15 is 8.78 Å². The van der Waals surface area contributed by atoms with Crippen LogP contribution in [0.1, 0.15) is 51.5 Å². The molecule has 1 aromatic carbocycles. The predicted molar refractivity (Wildman–Crippen MR) is 157 cm³/mol. The smallest absolute Gasteiger partial charge is 0.229 e. The van der Waals surface area contributed by atoms with Gasteiger partial charge in [0.2, 0.25) is 5.95 Å². The summed E-state index contributed by atoms with van der Waals surface area (Å²) in [5.41, 5.74) is 1.99. The van der Waals surface area contributed by atoms with E-state index in [9.17, 15) is 0 Å². The quantitative estimate of drug-likeness (QED) is 0.415. The summed E-state index contributed by atoms with van der Waals surface area (Å²) < 4.78 is 36.6. The molecule has 0 bridgehead atoms. The molecule has 2 fully saturated rings. The molecule has 2 aliphatic heterocycles. The zero-order valence-corrected chi connectivity index (χ0v) is 24.2. The maximum atomic E-state index is 15.5. The molecule has 8 nitrogen and oxygen atoms in total. The van der Waals surface area contributed by atoms with Crippen molar-refractivity contribution >= 4 is 17.5 Å². The van der Waals surface area contributed by atoms with Gasteiger partial charge >= 0.3 is 0 Å². The number of aromatic nitrogens is 3. The highest BCUT2D eigenvalue weighted by Gasteiger charge is 2.45. The van der Waals surface area contributed by atoms with Gasteiger partial charge in [-0.2, -0.15) is 0 Å². The zero-order valence-electron chi connectivity index (χ0n) is 24.2. The van der Waals surface area contributed by atoms with Gasteiger partial charge in [0.1, 0.15) is 18.1 Å². The van der Waals surface area contributed by atoms with Gasteiger partial charge in [-0.1, -0.05) is 25.3 Å². The number of pyridine rings is 1. The van der Waals surface area contributed by atoms with Gasteiger partial charge in [0.25, 0.3) is 0 Å². The van der Waals surface area contributed by atoms with Crippen molar-refractivity contribution in [2.75, 3.05) is 50.1 Å². The number of hydrogen-bond donors (Lipinski definition) is 1. The molecule has 6 rings (SSSR count). The van der Waals surface area contributed by atoms with E-state index in [4.69, 9.17) is 4.74 Å². The first-order chi connectivity index (χ1) is 19.8. The van der Waals surface area contributed by atoms with E-state index in [-0.39, 0.29) is 29.0 Å². The Labute approximate surface area is 240 Å². The number of fused-ring (bicyclic) bond motifs is 1. The van der Waals surface area contributed by atoms with Crippen molar-refractivity contribution in [3.63, 3.8) is 0 Å². The number of rotatable bonds is 6. The number of halogens is 2. The fourth-order valence-electron chi connectivity index (χ4n) is 6.59. The molecule has 10 heteroatoms. The predicted octanol–water partition coefficient (Wildman–Crippen LogP) is 5.62. The van der Waals surface area contributed by atoms with Crippen LogP contribution in [0.5, 0.6) is 5.75 Å². The van der Waals surface area contributed by atoms with E-state index in [1.54, 1.807) is 0 Å². The normalized spacial score (nSPS) is 19.3. The van der Waals surface area contributed by atoms with Crippen molar-refractivity contribution in [2.24, 2.45) is 0 Å². The summed E-state index contributed by atoms with van der Waals surface area (Å²) in [6.07, 6.45) is 8.37. The number of piperazine rings is 1. The Bertz CT molecular complexity index is 1370. The SMILES string of the molecule is CC(C)N1c2cc(-c3nc(Nc4ccc(CN5CCN(C)CC5)cn4)ncc3F)cc(F)c2OCC12CCCCC2. The van der Waals surface area contributed by atoms with Gasteiger partial charge in [-0.05, 0) is 57.5 Å². The van der Waals surface area contributed by atoms with Crippen LogP contribution in [-0.4, -0.2) is 76.2 Å². The number of nitrogens with one attached hydrogen (secondary N) is 1. The second kappa shape index (κ2) is 11.5. The van der Waals surface area contributed by atoms with Crippen molar-refractivity contribution in [3.8, 4) is 17.0 Å². The number of benzene rings is 1. The number of ether oxygens (including phenoxy) is 1. The van der Waals surface area contributed by atoms with Gasteiger partial charge in [-0.15, -0.1) is 0 Å². The van der Waals surface area contributed by atoms with Crippen LogP contribution in [0.2, 0.25) is 0 Å². The van der Waals surface area contributed by atoms with Crippen LogP contribution < -0.4 is 15.0 Å². The van der Waals surface area contributed by atoms with Crippen molar-refractivity contribution in [1.29, 1.82) is 0 Å². The number of likely N-dealkylation sites (N-methyl/N-ethyl adjacent to an activating group) is 1. The highest BCUT2D eigenvalue weighted by molar-refractivity contribution is 5.74. The Kier molecular flexibility index (Phi) is 7.78. The lowest BCUT2D eigenvalue weighted by Crippen LogP contribution is -2.59. The van der Waals surface area contributed by atoms with Gasteiger partial charge in [-0.25, -0.2) is 23.7 Å². The molecule has 4 heterocycles. The molecule has 0 radical (unpaired) electrons. The maximum absolute atomic E-state index is 15.5. The van der Waals surface area contributed by atoms with Crippen molar-refractivity contribution in [2.45, 2.75) is 64.1 Å². The van der Waals surface area contributed by atoms with Crippen LogP contribution in [0.3, 0.4) is 0 Å². The summed E-state index contributed by atoms with van der Waals surface area (Å²) in [4.78, 5) is 20.1. The molecule has 3 aliphatic rings. The Morgan fingerprint density at radius 1 is 0.976 bits per heavy atom. The average Bonchev–Trinajstić information content (AvgIpc) is 2.96. The molecule has 1 aliphatic carbocycles. The van der Waals surface area contributed by atoms with Crippen LogP contribution >= 0.6 is 0 Å². The molecule has 1 N–H and O–H groups in total. The second-order valence-electron chi connectivity index (χ2n) is 12.0. The largest absolute Gasteiger partial charge is 0.486 e. The van der Waals surface area contributed by atoms with Crippen LogP contribution in [0.4, 0.5) is 26.2 Å². The van der Waals surface area contributed by atoms with Crippen LogP contribution in [0.25, 0.3) is 11.3 Å². The summed E-state index contributed by atoms with van der Waals surface area (Å²) >= 11 is 0. The molecule has 1 spiro atoms. The van der Waals surface area contributed by atoms with Crippen LogP contribution in [0.15, 0.2) is 36.7 Å². The van der Waals surface area contributed by atoms with E-state index in [1.165, 1.54) is 12.5 Å². The molecule has 1 saturated heterocycles. The van der Waals surface area contributed by atoms with E-state index in [0.717, 1.165) is 70.2 Å². The Morgan fingerprint density at radius 3 is 2.46 bits per heavy atom. The third-order valence-electron chi connectivity index (χ3n) is 8.66. The lowest BCUT2D eigenvalue weighted by atomic mass is 9.78. The van der Waals surface area contributed by atoms with Gasteiger partial charge < -0.3 is 19.9 Å². The molecule has 218 valence electrons. The summed E-state index contributed by atoms with van der Waals surface area (Å²) in [7, 11) is 2.14. The highest BCUT2D eigenvalue weighted by Crippen LogP contribution is 2.48. The lowest BCUT2D eigenvalue weighted by Gasteiger charge is -2.52. The first-order valence-corrected chi connectivity index (χ1v) is 14.7.